The van der Waals surface area contributed by atoms with Gasteiger partial charge in [0.15, 0.2) is 5.96 Å². The normalized spacial score (nSPS) is 15.5. The van der Waals surface area contributed by atoms with Gasteiger partial charge in [-0.15, -0.1) is 0 Å². The third-order valence-corrected chi connectivity index (χ3v) is 4.28. The van der Waals surface area contributed by atoms with Crippen molar-refractivity contribution in [3.8, 4) is 0 Å². The predicted octanol–water partition coefficient (Wildman–Crippen LogP) is 1.95. The molecule has 0 spiro atoms. The largest absolute Gasteiger partial charge is 0.368 e. The number of piperazine rings is 1. The molecule has 0 aromatic heterocycles. The molecule has 1 aliphatic rings. The molecule has 0 atom stereocenters. The van der Waals surface area contributed by atoms with Crippen molar-refractivity contribution in [3.05, 3.63) is 29.3 Å². The quantitative estimate of drug-likeness (QED) is 0.618. The standard InChI is InChI=1S/C18H28ClN5O/c1-14(2)22-17(25)7-8-21-18(20-3)24-11-9-23(10-12-24)16-6-4-5-15(19)13-16/h4-6,13-14H,7-12H2,1-3H3,(H,20,21)(H,22,25). The van der Waals surface area contributed by atoms with Crippen molar-refractivity contribution in [2.45, 2.75) is 26.3 Å². The van der Waals surface area contributed by atoms with Crippen LogP contribution in [0.3, 0.4) is 0 Å². The Bertz CT molecular complexity index is 597. The summed E-state index contributed by atoms with van der Waals surface area (Å²) in [6, 6.07) is 8.13. The van der Waals surface area contributed by atoms with E-state index in [-0.39, 0.29) is 11.9 Å². The number of nitrogens with zero attached hydrogens (tertiary/aromatic N) is 3. The molecule has 1 fully saturated rings. The summed E-state index contributed by atoms with van der Waals surface area (Å²) in [6.45, 7) is 8.09. The summed E-state index contributed by atoms with van der Waals surface area (Å²) in [7, 11) is 1.78. The number of guanidine groups is 1. The zero-order chi connectivity index (χ0) is 18.2. The van der Waals surface area contributed by atoms with Crippen LogP contribution in [-0.4, -0.2) is 62.6 Å². The highest BCUT2D eigenvalue weighted by molar-refractivity contribution is 6.30. The summed E-state index contributed by atoms with van der Waals surface area (Å²) in [5.41, 5.74) is 1.15. The molecule has 0 radical (unpaired) electrons. The fraction of sp³-hybridized carbons (Fsp3) is 0.556. The Morgan fingerprint density at radius 3 is 2.60 bits per heavy atom. The van der Waals surface area contributed by atoms with E-state index in [0.717, 1.165) is 42.8 Å². The molecule has 7 heteroatoms. The van der Waals surface area contributed by atoms with Crippen molar-refractivity contribution in [2.75, 3.05) is 44.7 Å². The maximum absolute atomic E-state index is 11.7. The monoisotopic (exact) mass is 365 g/mol. The third-order valence-electron chi connectivity index (χ3n) is 4.05. The van der Waals surface area contributed by atoms with Gasteiger partial charge >= 0.3 is 0 Å². The van der Waals surface area contributed by atoms with Crippen LogP contribution in [0.4, 0.5) is 5.69 Å². The van der Waals surface area contributed by atoms with Gasteiger partial charge in [0.1, 0.15) is 0 Å². The first kappa shape index (κ1) is 19.4. The molecule has 2 N–H and O–H groups in total. The average molecular weight is 366 g/mol. The van der Waals surface area contributed by atoms with E-state index in [2.05, 4.69) is 31.5 Å². The van der Waals surface area contributed by atoms with Gasteiger partial charge < -0.3 is 20.4 Å². The van der Waals surface area contributed by atoms with Crippen LogP contribution < -0.4 is 15.5 Å². The second-order valence-corrected chi connectivity index (χ2v) is 6.84. The molecule has 1 saturated heterocycles. The summed E-state index contributed by atoms with van der Waals surface area (Å²) < 4.78 is 0. The maximum Gasteiger partial charge on any atom is 0.221 e. The van der Waals surface area contributed by atoms with E-state index < -0.39 is 0 Å². The van der Waals surface area contributed by atoms with E-state index in [1.807, 2.05) is 32.0 Å². The second-order valence-electron chi connectivity index (χ2n) is 6.40. The van der Waals surface area contributed by atoms with E-state index in [9.17, 15) is 4.79 Å². The Kier molecular flexibility index (Phi) is 7.37. The minimum Gasteiger partial charge on any atom is -0.368 e. The third kappa shape index (κ3) is 6.12. The number of rotatable bonds is 5. The fourth-order valence-corrected chi connectivity index (χ4v) is 3.05. The van der Waals surface area contributed by atoms with E-state index in [1.165, 1.54) is 0 Å². The zero-order valence-electron chi connectivity index (χ0n) is 15.3. The molecule has 2 rings (SSSR count). The molecule has 1 heterocycles. The summed E-state index contributed by atoms with van der Waals surface area (Å²) in [6.07, 6.45) is 0.444. The topological polar surface area (TPSA) is 60.0 Å². The Labute approximate surface area is 155 Å². The molecule has 0 bridgehead atoms. The number of amides is 1. The molecular formula is C18H28ClN5O. The molecule has 1 aliphatic heterocycles. The number of carbonyl (C=O) groups excluding carboxylic acids is 1. The van der Waals surface area contributed by atoms with Crippen molar-refractivity contribution >= 4 is 29.2 Å². The molecule has 0 saturated carbocycles. The van der Waals surface area contributed by atoms with Gasteiger partial charge in [-0.05, 0) is 32.0 Å². The summed E-state index contributed by atoms with van der Waals surface area (Å²) in [5, 5.41) is 6.94. The first-order chi connectivity index (χ1) is 12.0. The first-order valence-corrected chi connectivity index (χ1v) is 9.13. The van der Waals surface area contributed by atoms with Gasteiger partial charge in [-0.1, -0.05) is 17.7 Å². The molecule has 1 aromatic rings. The zero-order valence-corrected chi connectivity index (χ0v) is 16.0. The van der Waals surface area contributed by atoms with Crippen molar-refractivity contribution in [3.63, 3.8) is 0 Å². The highest BCUT2D eigenvalue weighted by Gasteiger charge is 2.20. The lowest BCUT2D eigenvalue weighted by Gasteiger charge is -2.37. The number of benzene rings is 1. The van der Waals surface area contributed by atoms with E-state index in [0.29, 0.717) is 13.0 Å². The molecular weight excluding hydrogens is 338 g/mol. The van der Waals surface area contributed by atoms with Gasteiger partial charge in [0.2, 0.25) is 5.91 Å². The maximum atomic E-state index is 11.7. The van der Waals surface area contributed by atoms with Crippen molar-refractivity contribution in [1.29, 1.82) is 0 Å². The smallest absolute Gasteiger partial charge is 0.221 e. The van der Waals surface area contributed by atoms with Gasteiger partial charge in [0.25, 0.3) is 0 Å². The minimum absolute atomic E-state index is 0.0590. The molecule has 1 amide bonds. The van der Waals surface area contributed by atoms with E-state index in [1.54, 1.807) is 7.05 Å². The summed E-state index contributed by atoms with van der Waals surface area (Å²) >= 11 is 6.08. The lowest BCUT2D eigenvalue weighted by molar-refractivity contribution is -0.121. The highest BCUT2D eigenvalue weighted by atomic mass is 35.5. The number of aliphatic imine (C=N–C) groups is 1. The van der Waals surface area contributed by atoms with Crippen LogP contribution in [0.1, 0.15) is 20.3 Å². The van der Waals surface area contributed by atoms with Gasteiger partial charge in [0.05, 0.1) is 0 Å². The Morgan fingerprint density at radius 1 is 1.28 bits per heavy atom. The SMILES string of the molecule is CN=C(NCCC(=O)NC(C)C)N1CCN(c2cccc(Cl)c2)CC1. The minimum atomic E-state index is 0.0590. The number of hydrogen-bond donors (Lipinski definition) is 2. The Hall–Kier alpha value is -1.95. The Balaban J connectivity index is 1.79. The number of anilines is 1. The lowest BCUT2D eigenvalue weighted by Crippen LogP contribution is -2.53. The second kappa shape index (κ2) is 9.51. The molecule has 0 aliphatic carbocycles. The van der Waals surface area contributed by atoms with Gasteiger partial charge in [-0.2, -0.15) is 0 Å². The van der Waals surface area contributed by atoms with Crippen molar-refractivity contribution in [2.24, 2.45) is 4.99 Å². The molecule has 25 heavy (non-hydrogen) atoms. The number of halogens is 1. The lowest BCUT2D eigenvalue weighted by atomic mass is 10.2. The highest BCUT2D eigenvalue weighted by Crippen LogP contribution is 2.20. The predicted molar refractivity (Wildman–Crippen MR) is 104 cm³/mol. The van der Waals surface area contributed by atoms with Crippen LogP contribution >= 0.6 is 11.6 Å². The first-order valence-electron chi connectivity index (χ1n) is 8.75. The van der Waals surface area contributed by atoms with Crippen LogP contribution in [0.15, 0.2) is 29.3 Å². The fourth-order valence-electron chi connectivity index (χ4n) is 2.86. The summed E-state index contributed by atoms with van der Waals surface area (Å²) in [5.74, 6) is 0.909. The van der Waals surface area contributed by atoms with Crippen LogP contribution in [0, 0.1) is 0 Å². The molecule has 0 unspecified atom stereocenters. The van der Waals surface area contributed by atoms with Gasteiger partial charge in [-0.3, -0.25) is 9.79 Å². The van der Waals surface area contributed by atoms with Gasteiger partial charge in [-0.25, -0.2) is 0 Å². The van der Waals surface area contributed by atoms with E-state index in [4.69, 9.17) is 11.6 Å². The molecule has 138 valence electrons. The number of carbonyl (C=O) groups is 1. The summed E-state index contributed by atoms with van der Waals surface area (Å²) in [4.78, 5) is 20.6. The molecule has 1 aromatic carbocycles. The number of hydrogen-bond acceptors (Lipinski definition) is 3. The van der Waals surface area contributed by atoms with Crippen LogP contribution in [0.2, 0.25) is 5.02 Å². The average Bonchev–Trinajstić information content (AvgIpc) is 2.58. The molecule has 6 nitrogen and oxygen atoms in total. The Morgan fingerprint density at radius 2 is 2.00 bits per heavy atom. The van der Waals surface area contributed by atoms with Crippen molar-refractivity contribution < 1.29 is 4.79 Å². The van der Waals surface area contributed by atoms with Crippen molar-refractivity contribution in [1.82, 2.24) is 15.5 Å². The van der Waals surface area contributed by atoms with E-state index >= 15 is 0 Å². The van der Waals surface area contributed by atoms with Crippen LogP contribution in [0.5, 0.6) is 0 Å². The number of nitrogens with one attached hydrogen (secondary N) is 2. The van der Waals surface area contributed by atoms with Gasteiger partial charge in [0, 0.05) is 62.9 Å². The van der Waals surface area contributed by atoms with Crippen LogP contribution in [0.25, 0.3) is 0 Å². The van der Waals surface area contributed by atoms with Crippen LogP contribution in [-0.2, 0) is 4.79 Å².